The Balaban J connectivity index is 1.99. The molecule has 0 aliphatic carbocycles. The Morgan fingerprint density at radius 2 is 2.08 bits per heavy atom. The first-order valence-electron chi connectivity index (χ1n) is 6.74. The van der Waals surface area contributed by atoms with E-state index in [2.05, 4.69) is 10.3 Å². The van der Waals surface area contributed by atoms with Crippen molar-refractivity contribution in [3.8, 4) is 0 Å². The Morgan fingerprint density at radius 1 is 1.33 bits per heavy atom. The molecule has 124 valence electrons. The number of carbonyl (C=O) groups is 2. The van der Waals surface area contributed by atoms with Crippen LogP contribution in [0.15, 0.2) is 42.6 Å². The van der Waals surface area contributed by atoms with E-state index in [1.165, 1.54) is 49.5 Å². The number of ether oxygens (including phenoxy) is 1. The first-order chi connectivity index (χ1) is 11.4. The predicted molar refractivity (Wildman–Crippen MR) is 85.9 cm³/mol. The quantitative estimate of drug-likeness (QED) is 0.384. The zero-order valence-electron chi connectivity index (χ0n) is 12.4. The monoisotopic (exact) mass is 349 g/mol. The van der Waals surface area contributed by atoms with Crippen LogP contribution in [-0.4, -0.2) is 27.9 Å². The Bertz CT molecular complexity index is 779. The van der Waals surface area contributed by atoms with Gasteiger partial charge in [-0.15, -0.1) is 0 Å². The van der Waals surface area contributed by atoms with Gasteiger partial charge in [-0.3, -0.25) is 14.9 Å². The van der Waals surface area contributed by atoms with Crippen molar-refractivity contribution in [2.24, 2.45) is 0 Å². The van der Waals surface area contributed by atoms with Crippen LogP contribution in [0.5, 0.6) is 0 Å². The number of nitro benzene ring substituents is 1. The van der Waals surface area contributed by atoms with E-state index < -0.39 is 22.9 Å². The van der Waals surface area contributed by atoms with Crippen molar-refractivity contribution in [1.29, 1.82) is 0 Å². The van der Waals surface area contributed by atoms with E-state index in [4.69, 9.17) is 16.3 Å². The van der Waals surface area contributed by atoms with Crippen LogP contribution in [0.2, 0.25) is 5.15 Å². The maximum atomic E-state index is 12.0. The SMILES string of the molecule is CC(OC(=O)c1ccc(Cl)nc1)C(=O)Nc1cccc([N+](=O)[O-])c1. The summed E-state index contributed by atoms with van der Waals surface area (Å²) >= 11 is 5.62. The number of esters is 1. The van der Waals surface area contributed by atoms with E-state index in [-0.39, 0.29) is 22.1 Å². The third-order valence-electron chi connectivity index (χ3n) is 2.94. The molecule has 1 aromatic carbocycles. The van der Waals surface area contributed by atoms with Gasteiger partial charge in [-0.25, -0.2) is 9.78 Å². The van der Waals surface area contributed by atoms with Gasteiger partial charge in [0.2, 0.25) is 0 Å². The van der Waals surface area contributed by atoms with Crippen LogP contribution in [0.1, 0.15) is 17.3 Å². The number of aromatic nitrogens is 1. The Hall–Kier alpha value is -3.00. The Labute approximate surface area is 141 Å². The van der Waals surface area contributed by atoms with Crippen LogP contribution in [0.25, 0.3) is 0 Å². The summed E-state index contributed by atoms with van der Waals surface area (Å²) in [5, 5.41) is 13.4. The molecule has 9 heteroatoms. The normalized spacial score (nSPS) is 11.4. The summed E-state index contributed by atoms with van der Waals surface area (Å²) in [6.07, 6.45) is 0.128. The highest BCUT2D eigenvalue weighted by molar-refractivity contribution is 6.29. The van der Waals surface area contributed by atoms with E-state index in [9.17, 15) is 19.7 Å². The number of nitrogens with zero attached hydrogens (tertiary/aromatic N) is 2. The van der Waals surface area contributed by atoms with Gasteiger partial charge in [0.05, 0.1) is 10.5 Å². The number of carbonyl (C=O) groups excluding carboxylic acids is 2. The number of rotatable bonds is 5. The fourth-order valence-corrected chi connectivity index (χ4v) is 1.83. The van der Waals surface area contributed by atoms with Crippen molar-refractivity contribution < 1.29 is 19.2 Å². The van der Waals surface area contributed by atoms with Crippen LogP contribution in [-0.2, 0) is 9.53 Å². The van der Waals surface area contributed by atoms with Gasteiger partial charge in [0.15, 0.2) is 6.10 Å². The molecule has 0 bridgehead atoms. The minimum absolute atomic E-state index is 0.148. The van der Waals surface area contributed by atoms with Gasteiger partial charge in [0, 0.05) is 24.0 Å². The third-order valence-corrected chi connectivity index (χ3v) is 3.16. The van der Waals surface area contributed by atoms with Crippen LogP contribution < -0.4 is 5.32 Å². The summed E-state index contributed by atoms with van der Waals surface area (Å²) in [6, 6.07) is 8.27. The number of hydrogen-bond acceptors (Lipinski definition) is 6. The molecule has 2 rings (SSSR count). The molecule has 2 aromatic rings. The molecule has 1 N–H and O–H groups in total. The van der Waals surface area contributed by atoms with E-state index in [0.29, 0.717) is 0 Å². The largest absolute Gasteiger partial charge is 0.449 e. The van der Waals surface area contributed by atoms with Gasteiger partial charge in [0.25, 0.3) is 11.6 Å². The lowest BCUT2D eigenvalue weighted by atomic mass is 10.2. The van der Waals surface area contributed by atoms with Gasteiger partial charge in [-0.1, -0.05) is 17.7 Å². The lowest BCUT2D eigenvalue weighted by molar-refractivity contribution is -0.384. The topological polar surface area (TPSA) is 111 Å². The predicted octanol–water partition coefficient (Wildman–Crippen LogP) is 2.83. The highest BCUT2D eigenvalue weighted by Crippen LogP contribution is 2.17. The second-order valence-electron chi connectivity index (χ2n) is 4.71. The molecule has 0 saturated heterocycles. The Kier molecular flexibility index (Phi) is 5.43. The van der Waals surface area contributed by atoms with E-state index in [0.717, 1.165) is 0 Å². The zero-order chi connectivity index (χ0) is 17.7. The summed E-state index contributed by atoms with van der Waals surface area (Å²) in [5.74, 6) is -1.35. The average molecular weight is 350 g/mol. The number of hydrogen-bond donors (Lipinski definition) is 1. The lowest BCUT2D eigenvalue weighted by Crippen LogP contribution is -2.30. The van der Waals surface area contributed by atoms with Crippen molar-refractivity contribution in [2.75, 3.05) is 5.32 Å². The molecule has 1 heterocycles. The molecule has 8 nitrogen and oxygen atoms in total. The minimum atomic E-state index is -1.10. The molecule has 1 aromatic heterocycles. The van der Waals surface area contributed by atoms with Crippen LogP contribution in [0.3, 0.4) is 0 Å². The fraction of sp³-hybridized carbons (Fsp3) is 0.133. The molecule has 1 amide bonds. The highest BCUT2D eigenvalue weighted by Gasteiger charge is 2.20. The summed E-state index contributed by atoms with van der Waals surface area (Å²) in [4.78, 5) is 37.8. The van der Waals surface area contributed by atoms with Gasteiger partial charge >= 0.3 is 5.97 Å². The number of halogens is 1. The average Bonchev–Trinajstić information content (AvgIpc) is 2.55. The first-order valence-corrected chi connectivity index (χ1v) is 7.12. The maximum absolute atomic E-state index is 12.0. The molecule has 1 atom stereocenters. The van der Waals surface area contributed by atoms with E-state index in [1.807, 2.05) is 0 Å². The maximum Gasteiger partial charge on any atom is 0.340 e. The molecular weight excluding hydrogens is 338 g/mol. The second kappa shape index (κ2) is 7.51. The van der Waals surface area contributed by atoms with Gasteiger partial charge < -0.3 is 10.1 Å². The van der Waals surface area contributed by atoms with Gasteiger partial charge in [-0.2, -0.15) is 0 Å². The minimum Gasteiger partial charge on any atom is -0.449 e. The number of nitro groups is 1. The summed E-state index contributed by atoms with van der Waals surface area (Å²) in [5.41, 5.74) is 0.212. The molecule has 1 unspecified atom stereocenters. The van der Waals surface area contributed by atoms with E-state index in [1.54, 1.807) is 0 Å². The van der Waals surface area contributed by atoms with Crippen molar-refractivity contribution in [3.63, 3.8) is 0 Å². The number of pyridine rings is 1. The van der Waals surface area contributed by atoms with Crippen LogP contribution >= 0.6 is 11.6 Å². The molecule has 0 aliphatic rings. The summed E-state index contributed by atoms with van der Waals surface area (Å²) in [6.45, 7) is 1.38. The standard InChI is InChI=1S/C15H12ClN3O5/c1-9(24-15(21)10-5-6-13(16)17-8-10)14(20)18-11-3-2-4-12(7-11)19(22)23/h2-9H,1H3,(H,18,20). The highest BCUT2D eigenvalue weighted by atomic mass is 35.5. The zero-order valence-corrected chi connectivity index (χ0v) is 13.2. The number of benzene rings is 1. The van der Waals surface area contributed by atoms with E-state index >= 15 is 0 Å². The molecule has 24 heavy (non-hydrogen) atoms. The molecule has 0 radical (unpaired) electrons. The summed E-state index contributed by atoms with van der Waals surface area (Å²) in [7, 11) is 0. The first kappa shape index (κ1) is 17.4. The number of amides is 1. The van der Waals surface area contributed by atoms with Crippen LogP contribution in [0.4, 0.5) is 11.4 Å². The molecule has 0 fully saturated rings. The summed E-state index contributed by atoms with van der Waals surface area (Å²) < 4.78 is 5.02. The van der Waals surface area contributed by atoms with Crippen molar-refractivity contribution in [2.45, 2.75) is 13.0 Å². The van der Waals surface area contributed by atoms with Gasteiger partial charge in [0.1, 0.15) is 5.15 Å². The van der Waals surface area contributed by atoms with Gasteiger partial charge in [-0.05, 0) is 25.1 Å². The number of non-ortho nitro benzene ring substituents is 1. The molecule has 0 saturated carbocycles. The van der Waals surface area contributed by atoms with Crippen molar-refractivity contribution in [1.82, 2.24) is 4.98 Å². The Morgan fingerprint density at radius 3 is 2.71 bits per heavy atom. The lowest BCUT2D eigenvalue weighted by Gasteiger charge is -2.13. The smallest absolute Gasteiger partial charge is 0.340 e. The van der Waals surface area contributed by atoms with Crippen molar-refractivity contribution in [3.05, 3.63) is 63.4 Å². The van der Waals surface area contributed by atoms with Crippen molar-refractivity contribution >= 4 is 34.9 Å². The molecule has 0 aliphatic heterocycles. The number of anilines is 1. The molecule has 0 spiro atoms. The number of nitrogens with one attached hydrogen (secondary N) is 1. The van der Waals surface area contributed by atoms with Crippen LogP contribution in [0, 0.1) is 10.1 Å². The molecular formula is C15H12ClN3O5. The third kappa shape index (κ3) is 4.50. The fourth-order valence-electron chi connectivity index (χ4n) is 1.72. The second-order valence-corrected chi connectivity index (χ2v) is 5.10.